The van der Waals surface area contributed by atoms with Crippen LogP contribution in [0.1, 0.15) is 54.4 Å². The Labute approximate surface area is 121 Å². The monoisotopic (exact) mass is 285 g/mol. The molecular formula is C14H27N3O3. The second kappa shape index (κ2) is 5.24. The minimum absolute atomic E-state index is 0.277. The van der Waals surface area contributed by atoms with Crippen molar-refractivity contribution in [2.45, 2.75) is 71.2 Å². The number of carbonyl (C=O) groups is 2. The highest BCUT2D eigenvalue weighted by Crippen LogP contribution is 2.33. The van der Waals surface area contributed by atoms with Gasteiger partial charge < -0.3 is 10.5 Å². The molecule has 0 saturated carbocycles. The van der Waals surface area contributed by atoms with E-state index in [2.05, 4.69) is 5.32 Å². The van der Waals surface area contributed by atoms with Gasteiger partial charge in [0.2, 0.25) is 0 Å². The predicted octanol–water partition coefficient (Wildman–Crippen LogP) is 1.59. The van der Waals surface area contributed by atoms with Gasteiger partial charge in [0, 0.05) is 12.1 Å². The van der Waals surface area contributed by atoms with E-state index in [1.54, 1.807) is 20.8 Å². The molecule has 6 heteroatoms. The summed E-state index contributed by atoms with van der Waals surface area (Å²) in [7, 11) is 0. The van der Waals surface area contributed by atoms with E-state index in [1.165, 1.54) is 0 Å². The number of nitrogens with one attached hydrogen (secondary N) is 1. The molecule has 3 N–H and O–H groups in total. The first-order valence-corrected chi connectivity index (χ1v) is 6.97. The van der Waals surface area contributed by atoms with Crippen molar-refractivity contribution in [3.63, 3.8) is 0 Å². The Hall–Kier alpha value is -1.30. The smallest absolute Gasteiger partial charge is 0.409 e. The summed E-state index contributed by atoms with van der Waals surface area (Å²) >= 11 is 0. The van der Waals surface area contributed by atoms with Crippen molar-refractivity contribution in [3.05, 3.63) is 0 Å². The summed E-state index contributed by atoms with van der Waals surface area (Å²) in [6, 6.07) is 0. The van der Waals surface area contributed by atoms with E-state index >= 15 is 0 Å². The third-order valence-corrected chi connectivity index (χ3v) is 3.31. The Kier molecular flexibility index (Phi) is 4.39. The number of alkyl carbamates (subject to hydrolysis) is 1. The SMILES string of the molecule is CC(C)(C)OC(=O)N[C@@]1(C(N)=O)CCCN1C(C)(C)C. The molecule has 0 unspecified atom stereocenters. The second-order valence-corrected chi connectivity index (χ2v) is 7.28. The number of rotatable bonds is 2. The van der Waals surface area contributed by atoms with Gasteiger partial charge in [0.05, 0.1) is 0 Å². The minimum Gasteiger partial charge on any atom is -0.444 e. The van der Waals surface area contributed by atoms with Crippen LogP contribution in [0.15, 0.2) is 0 Å². The zero-order valence-corrected chi connectivity index (χ0v) is 13.4. The normalized spacial score (nSPS) is 24.5. The number of nitrogens with two attached hydrogens (primary N) is 1. The number of likely N-dealkylation sites (tertiary alicyclic amines) is 1. The molecule has 0 aromatic heterocycles. The van der Waals surface area contributed by atoms with E-state index in [1.807, 2.05) is 25.7 Å². The third kappa shape index (κ3) is 3.62. The lowest BCUT2D eigenvalue weighted by molar-refractivity contribution is -0.134. The number of carbonyl (C=O) groups excluding carboxylic acids is 2. The van der Waals surface area contributed by atoms with Crippen molar-refractivity contribution in [3.8, 4) is 0 Å². The molecule has 20 heavy (non-hydrogen) atoms. The van der Waals surface area contributed by atoms with Crippen molar-refractivity contribution in [1.82, 2.24) is 10.2 Å². The summed E-state index contributed by atoms with van der Waals surface area (Å²) in [5.74, 6) is -0.546. The van der Waals surface area contributed by atoms with Crippen LogP contribution in [0.25, 0.3) is 0 Å². The van der Waals surface area contributed by atoms with Crippen molar-refractivity contribution in [2.24, 2.45) is 5.73 Å². The first-order valence-electron chi connectivity index (χ1n) is 6.97. The molecule has 0 aromatic carbocycles. The summed E-state index contributed by atoms with van der Waals surface area (Å²) in [5.41, 5.74) is 3.52. The molecule has 1 aliphatic rings. The van der Waals surface area contributed by atoms with E-state index in [9.17, 15) is 9.59 Å². The molecule has 1 rings (SSSR count). The van der Waals surface area contributed by atoms with E-state index < -0.39 is 23.3 Å². The summed E-state index contributed by atoms with van der Waals surface area (Å²) < 4.78 is 5.25. The summed E-state index contributed by atoms with van der Waals surface area (Å²) in [6.07, 6.45) is 0.682. The Morgan fingerprint density at radius 1 is 1.20 bits per heavy atom. The largest absolute Gasteiger partial charge is 0.444 e. The van der Waals surface area contributed by atoms with Crippen LogP contribution in [0.2, 0.25) is 0 Å². The van der Waals surface area contributed by atoms with Crippen LogP contribution in [0.5, 0.6) is 0 Å². The summed E-state index contributed by atoms with van der Waals surface area (Å²) in [4.78, 5) is 26.0. The van der Waals surface area contributed by atoms with Crippen LogP contribution in [0.4, 0.5) is 4.79 Å². The molecule has 0 spiro atoms. The number of hydrogen-bond acceptors (Lipinski definition) is 4. The molecule has 6 nitrogen and oxygen atoms in total. The molecule has 1 fully saturated rings. The average Bonchev–Trinajstić information content (AvgIpc) is 2.58. The molecule has 1 heterocycles. The molecule has 1 saturated heterocycles. The standard InChI is InChI=1S/C14H27N3O3/c1-12(2,3)17-9-7-8-14(17,10(15)18)16-11(19)20-13(4,5)6/h7-9H2,1-6H3,(H2,15,18)(H,16,19)/t14-/m0/s1. The summed E-state index contributed by atoms with van der Waals surface area (Å²) in [6.45, 7) is 12.0. The van der Waals surface area contributed by atoms with Gasteiger partial charge in [-0.3, -0.25) is 15.0 Å². The Bertz CT molecular complexity index is 395. The van der Waals surface area contributed by atoms with Crippen LogP contribution < -0.4 is 11.1 Å². The van der Waals surface area contributed by atoms with E-state index in [0.717, 1.165) is 6.42 Å². The second-order valence-electron chi connectivity index (χ2n) is 7.28. The molecule has 1 atom stereocenters. The van der Waals surface area contributed by atoms with Crippen LogP contribution in [-0.2, 0) is 9.53 Å². The first-order chi connectivity index (χ1) is 8.88. The fraction of sp³-hybridized carbons (Fsp3) is 0.857. The zero-order valence-electron chi connectivity index (χ0n) is 13.4. The van der Waals surface area contributed by atoms with Crippen LogP contribution in [-0.4, -0.2) is 40.2 Å². The quantitative estimate of drug-likeness (QED) is 0.807. The Morgan fingerprint density at radius 3 is 2.15 bits per heavy atom. The van der Waals surface area contributed by atoms with Gasteiger partial charge in [-0.05, 0) is 54.4 Å². The van der Waals surface area contributed by atoms with Gasteiger partial charge in [0.1, 0.15) is 5.60 Å². The van der Waals surface area contributed by atoms with Gasteiger partial charge in [-0.2, -0.15) is 0 Å². The van der Waals surface area contributed by atoms with E-state index in [4.69, 9.17) is 10.5 Å². The van der Waals surface area contributed by atoms with Crippen molar-refractivity contribution in [1.29, 1.82) is 0 Å². The van der Waals surface area contributed by atoms with Crippen molar-refractivity contribution in [2.75, 3.05) is 6.54 Å². The molecule has 1 aliphatic heterocycles. The maximum atomic E-state index is 12.0. The van der Waals surface area contributed by atoms with Crippen molar-refractivity contribution >= 4 is 12.0 Å². The molecule has 116 valence electrons. The number of primary amides is 1. The molecule has 0 bridgehead atoms. The minimum atomic E-state index is -1.17. The number of nitrogens with zero attached hydrogens (tertiary/aromatic N) is 1. The molecule has 0 aromatic rings. The van der Waals surface area contributed by atoms with Gasteiger partial charge >= 0.3 is 6.09 Å². The fourth-order valence-electron chi connectivity index (χ4n) is 2.65. The Balaban J connectivity index is 2.99. The fourth-order valence-corrected chi connectivity index (χ4v) is 2.65. The highest BCUT2D eigenvalue weighted by Gasteiger charge is 2.51. The highest BCUT2D eigenvalue weighted by atomic mass is 16.6. The maximum absolute atomic E-state index is 12.0. The lowest BCUT2D eigenvalue weighted by atomic mass is 9.99. The lowest BCUT2D eigenvalue weighted by Crippen LogP contribution is -2.69. The van der Waals surface area contributed by atoms with Gasteiger partial charge in [-0.1, -0.05) is 0 Å². The maximum Gasteiger partial charge on any atom is 0.409 e. The van der Waals surface area contributed by atoms with Crippen molar-refractivity contribution < 1.29 is 14.3 Å². The van der Waals surface area contributed by atoms with Crippen LogP contribution in [0.3, 0.4) is 0 Å². The predicted molar refractivity (Wildman–Crippen MR) is 77.0 cm³/mol. The summed E-state index contributed by atoms with van der Waals surface area (Å²) in [5, 5.41) is 2.70. The Morgan fingerprint density at radius 2 is 1.75 bits per heavy atom. The number of hydrogen-bond donors (Lipinski definition) is 2. The average molecular weight is 285 g/mol. The van der Waals surface area contributed by atoms with Gasteiger partial charge in [-0.15, -0.1) is 0 Å². The number of amides is 2. The van der Waals surface area contributed by atoms with Crippen LogP contribution >= 0.6 is 0 Å². The van der Waals surface area contributed by atoms with Gasteiger partial charge in [-0.25, -0.2) is 4.79 Å². The lowest BCUT2D eigenvalue weighted by Gasteiger charge is -2.44. The zero-order chi connectivity index (χ0) is 15.8. The third-order valence-electron chi connectivity index (χ3n) is 3.31. The number of ether oxygens (including phenoxy) is 1. The molecule has 2 amide bonds. The topological polar surface area (TPSA) is 84.7 Å². The van der Waals surface area contributed by atoms with E-state index in [0.29, 0.717) is 13.0 Å². The van der Waals surface area contributed by atoms with Gasteiger partial charge in [0.15, 0.2) is 5.66 Å². The molecule has 0 radical (unpaired) electrons. The molecule has 0 aliphatic carbocycles. The van der Waals surface area contributed by atoms with Gasteiger partial charge in [0.25, 0.3) is 5.91 Å². The van der Waals surface area contributed by atoms with Crippen LogP contribution in [0, 0.1) is 0 Å². The molecular weight excluding hydrogens is 258 g/mol. The van der Waals surface area contributed by atoms with E-state index in [-0.39, 0.29) is 5.54 Å². The highest BCUT2D eigenvalue weighted by molar-refractivity contribution is 5.88. The first kappa shape index (κ1) is 16.8.